The second-order valence-electron chi connectivity index (χ2n) is 4.12. The second kappa shape index (κ2) is 6.12. The lowest BCUT2D eigenvalue weighted by Crippen LogP contribution is -2.27. The lowest BCUT2D eigenvalue weighted by atomic mass is 10.1. The molecule has 1 aromatic heterocycles. The van der Waals surface area contributed by atoms with Crippen molar-refractivity contribution in [3.05, 3.63) is 55.6 Å². The molecule has 1 heterocycles. The van der Waals surface area contributed by atoms with Gasteiger partial charge in [0.05, 0.1) is 21.4 Å². The van der Waals surface area contributed by atoms with Crippen LogP contribution in [0, 0.1) is 21.0 Å². The molecule has 1 aromatic carbocycles. The monoisotopic (exact) mass is 415 g/mol. The van der Waals surface area contributed by atoms with Crippen molar-refractivity contribution in [1.29, 1.82) is 0 Å². The SMILES string of the molecule is O=c1c(I)ccc(-c2c(F)cc(F)cc2F)n1CC(F)F. The van der Waals surface area contributed by atoms with E-state index in [0.717, 1.165) is 6.07 Å². The van der Waals surface area contributed by atoms with E-state index in [-0.39, 0.29) is 9.26 Å². The van der Waals surface area contributed by atoms with E-state index in [9.17, 15) is 26.7 Å². The molecule has 0 aliphatic carbocycles. The van der Waals surface area contributed by atoms with Crippen LogP contribution < -0.4 is 5.56 Å². The first kappa shape index (κ1) is 15.9. The Hall–Kier alpha value is -1.45. The summed E-state index contributed by atoms with van der Waals surface area (Å²) in [6.07, 6.45) is -2.88. The molecule has 2 rings (SSSR count). The minimum absolute atomic E-state index is 0.125. The number of hydrogen-bond acceptors (Lipinski definition) is 1. The molecule has 112 valence electrons. The van der Waals surface area contributed by atoms with Gasteiger partial charge in [-0.05, 0) is 34.7 Å². The maximum atomic E-state index is 13.8. The topological polar surface area (TPSA) is 22.0 Å². The third-order valence-corrected chi connectivity index (χ3v) is 3.53. The van der Waals surface area contributed by atoms with Crippen molar-refractivity contribution in [2.24, 2.45) is 0 Å². The molecule has 2 nitrogen and oxygen atoms in total. The Labute approximate surface area is 129 Å². The quantitative estimate of drug-likeness (QED) is 0.553. The highest BCUT2D eigenvalue weighted by Gasteiger charge is 2.20. The largest absolute Gasteiger partial charge is 0.301 e. The summed E-state index contributed by atoms with van der Waals surface area (Å²) in [5, 5.41) is 0. The fraction of sp³-hybridized carbons (Fsp3) is 0.154. The van der Waals surface area contributed by atoms with Gasteiger partial charge in [0.15, 0.2) is 0 Å². The highest BCUT2D eigenvalue weighted by atomic mass is 127. The maximum absolute atomic E-state index is 13.8. The van der Waals surface area contributed by atoms with Crippen LogP contribution in [0.3, 0.4) is 0 Å². The first-order valence-corrected chi connectivity index (χ1v) is 6.71. The van der Waals surface area contributed by atoms with Crippen molar-refractivity contribution in [3.8, 4) is 11.3 Å². The van der Waals surface area contributed by atoms with Gasteiger partial charge in [0.1, 0.15) is 17.5 Å². The van der Waals surface area contributed by atoms with Gasteiger partial charge in [0.2, 0.25) is 0 Å². The summed E-state index contributed by atoms with van der Waals surface area (Å²) in [5.41, 5.74) is -1.88. The summed E-state index contributed by atoms with van der Waals surface area (Å²) in [7, 11) is 0. The summed E-state index contributed by atoms with van der Waals surface area (Å²) >= 11 is 1.63. The highest BCUT2D eigenvalue weighted by Crippen LogP contribution is 2.27. The molecule has 0 N–H and O–H groups in total. The van der Waals surface area contributed by atoms with Crippen molar-refractivity contribution in [2.45, 2.75) is 13.0 Å². The van der Waals surface area contributed by atoms with Gasteiger partial charge in [-0.1, -0.05) is 0 Å². The molecule has 0 saturated carbocycles. The standard InChI is InChI=1S/C13H7F5INO/c14-6-3-7(15)12(8(16)4-6)10-2-1-9(19)13(21)20(10)5-11(17)18/h1-4,11H,5H2. The van der Waals surface area contributed by atoms with Gasteiger partial charge in [-0.3, -0.25) is 4.79 Å². The number of nitrogens with zero attached hydrogens (tertiary/aromatic N) is 1. The molecule has 0 aliphatic rings. The van der Waals surface area contributed by atoms with Crippen LogP contribution in [0.1, 0.15) is 0 Å². The van der Waals surface area contributed by atoms with Crippen LogP contribution in [0.4, 0.5) is 22.0 Å². The molecule has 8 heteroatoms. The third kappa shape index (κ3) is 3.25. The number of halogens is 6. The molecule has 21 heavy (non-hydrogen) atoms. The van der Waals surface area contributed by atoms with E-state index < -0.39 is 41.5 Å². The smallest absolute Gasteiger partial charge is 0.264 e. The number of aromatic nitrogens is 1. The number of pyridine rings is 1. The molecule has 0 spiro atoms. The molecule has 0 aliphatic heterocycles. The van der Waals surface area contributed by atoms with Crippen molar-refractivity contribution in [1.82, 2.24) is 4.57 Å². The van der Waals surface area contributed by atoms with Crippen molar-refractivity contribution in [3.63, 3.8) is 0 Å². The van der Waals surface area contributed by atoms with Gasteiger partial charge in [0, 0.05) is 12.1 Å². The fourth-order valence-electron chi connectivity index (χ4n) is 1.88. The van der Waals surface area contributed by atoms with Gasteiger partial charge in [-0.15, -0.1) is 0 Å². The van der Waals surface area contributed by atoms with E-state index in [2.05, 4.69) is 0 Å². The lowest BCUT2D eigenvalue weighted by Gasteiger charge is -2.14. The van der Waals surface area contributed by atoms with E-state index in [1.807, 2.05) is 0 Å². The van der Waals surface area contributed by atoms with Gasteiger partial charge >= 0.3 is 0 Å². The first-order valence-electron chi connectivity index (χ1n) is 5.63. The summed E-state index contributed by atoms with van der Waals surface area (Å²) in [5.74, 6) is -3.67. The van der Waals surface area contributed by atoms with E-state index in [4.69, 9.17) is 0 Å². The van der Waals surface area contributed by atoms with E-state index >= 15 is 0 Å². The molecule has 0 saturated heterocycles. The molecule has 2 aromatic rings. The molecule has 0 bridgehead atoms. The Morgan fingerprint density at radius 3 is 2.19 bits per heavy atom. The molecule has 0 radical (unpaired) electrons. The normalized spacial score (nSPS) is 11.2. The van der Waals surface area contributed by atoms with E-state index in [0.29, 0.717) is 16.7 Å². The summed E-state index contributed by atoms with van der Waals surface area (Å²) < 4.78 is 66.3. The van der Waals surface area contributed by atoms with E-state index in [1.165, 1.54) is 6.07 Å². The minimum atomic E-state index is -2.88. The van der Waals surface area contributed by atoms with Gasteiger partial charge in [0.25, 0.3) is 12.0 Å². The molecule has 0 unspecified atom stereocenters. The molecule has 0 atom stereocenters. The fourth-order valence-corrected chi connectivity index (χ4v) is 2.35. The number of alkyl halides is 2. The Kier molecular flexibility index (Phi) is 4.64. The van der Waals surface area contributed by atoms with Gasteiger partial charge in [-0.25, -0.2) is 22.0 Å². The van der Waals surface area contributed by atoms with Crippen LogP contribution in [0.15, 0.2) is 29.1 Å². The zero-order chi connectivity index (χ0) is 15.7. The summed E-state index contributed by atoms with van der Waals surface area (Å²) in [6.45, 7) is -1.01. The summed E-state index contributed by atoms with van der Waals surface area (Å²) in [4.78, 5) is 11.9. The molecule has 0 amide bonds. The number of benzene rings is 1. The molecular formula is C13H7F5INO. The van der Waals surface area contributed by atoms with Crippen LogP contribution in [0.2, 0.25) is 0 Å². The molecule has 0 fully saturated rings. The van der Waals surface area contributed by atoms with Crippen molar-refractivity contribution in [2.75, 3.05) is 0 Å². The molecular weight excluding hydrogens is 408 g/mol. The summed E-state index contributed by atoms with van der Waals surface area (Å²) in [6, 6.07) is 3.24. The maximum Gasteiger partial charge on any atom is 0.264 e. The average molecular weight is 415 g/mol. The van der Waals surface area contributed by atoms with Gasteiger partial charge < -0.3 is 4.57 Å². The average Bonchev–Trinajstić information content (AvgIpc) is 2.36. The minimum Gasteiger partial charge on any atom is -0.301 e. The lowest BCUT2D eigenvalue weighted by molar-refractivity contribution is 0.125. The Morgan fingerprint density at radius 1 is 1.10 bits per heavy atom. The predicted molar refractivity (Wildman–Crippen MR) is 74.7 cm³/mol. The number of rotatable bonds is 3. The Balaban J connectivity index is 2.76. The van der Waals surface area contributed by atoms with Crippen LogP contribution in [0.25, 0.3) is 11.3 Å². The zero-order valence-corrected chi connectivity index (χ0v) is 12.4. The van der Waals surface area contributed by atoms with Crippen LogP contribution in [0.5, 0.6) is 0 Å². The van der Waals surface area contributed by atoms with Crippen molar-refractivity contribution >= 4 is 22.6 Å². The van der Waals surface area contributed by atoms with Crippen LogP contribution >= 0.6 is 22.6 Å². The Bertz CT molecular complexity index is 721. The highest BCUT2D eigenvalue weighted by molar-refractivity contribution is 14.1. The predicted octanol–water partition coefficient (Wildman–Crippen LogP) is 3.80. The van der Waals surface area contributed by atoms with E-state index in [1.54, 1.807) is 22.6 Å². The zero-order valence-electron chi connectivity index (χ0n) is 10.2. The van der Waals surface area contributed by atoms with Gasteiger partial charge in [-0.2, -0.15) is 0 Å². The van der Waals surface area contributed by atoms with Crippen LogP contribution in [-0.2, 0) is 6.54 Å². The second-order valence-corrected chi connectivity index (χ2v) is 5.28. The third-order valence-electron chi connectivity index (χ3n) is 2.71. The van der Waals surface area contributed by atoms with Crippen molar-refractivity contribution < 1.29 is 22.0 Å². The number of hydrogen-bond donors (Lipinski definition) is 0. The first-order chi connectivity index (χ1) is 9.81. The van der Waals surface area contributed by atoms with Crippen LogP contribution in [-0.4, -0.2) is 11.0 Å². The Morgan fingerprint density at radius 2 is 1.67 bits per heavy atom.